The van der Waals surface area contributed by atoms with Gasteiger partial charge in [0.2, 0.25) is 5.91 Å². The van der Waals surface area contributed by atoms with Gasteiger partial charge in [-0.25, -0.2) is 0 Å². The highest BCUT2D eigenvalue weighted by molar-refractivity contribution is 5.75. The summed E-state index contributed by atoms with van der Waals surface area (Å²) in [5.41, 5.74) is 0. The number of nitrogens with zero attached hydrogens (tertiary/aromatic N) is 2. The van der Waals surface area contributed by atoms with Gasteiger partial charge < -0.3 is 14.9 Å². The van der Waals surface area contributed by atoms with Crippen LogP contribution in [0.15, 0.2) is 0 Å². The SMILES string of the molecule is CCCCN(C)C(=O)CCCN1CCC(C(C)CO)CC1. The van der Waals surface area contributed by atoms with Gasteiger partial charge in [-0.3, -0.25) is 4.79 Å². The van der Waals surface area contributed by atoms with Crippen molar-refractivity contribution in [1.82, 2.24) is 9.80 Å². The van der Waals surface area contributed by atoms with Gasteiger partial charge in [0.25, 0.3) is 0 Å². The Hall–Kier alpha value is -0.610. The highest BCUT2D eigenvalue weighted by Gasteiger charge is 2.23. The van der Waals surface area contributed by atoms with Crippen molar-refractivity contribution < 1.29 is 9.90 Å². The van der Waals surface area contributed by atoms with Gasteiger partial charge >= 0.3 is 0 Å². The minimum Gasteiger partial charge on any atom is -0.396 e. The van der Waals surface area contributed by atoms with E-state index in [9.17, 15) is 9.90 Å². The molecule has 0 radical (unpaired) electrons. The third-order valence-electron chi connectivity index (χ3n) is 4.86. The first-order valence-corrected chi connectivity index (χ1v) is 8.65. The molecular weight excluding hydrogens is 264 g/mol. The lowest BCUT2D eigenvalue weighted by Crippen LogP contribution is -2.37. The van der Waals surface area contributed by atoms with E-state index in [1.807, 2.05) is 11.9 Å². The second kappa shape index (κ2) is 10.2. The maximum atomic E-state index is 12.0. The van der Waals surface area contributed by atoms with Crippen molar-refractivity contribution in [2.24, 2.45) is 11.8 Å². The Morgan fingerprint density at radius 1 is 1.33 bits per heavy atom. The van der Waals surface area contributed by atoms with Crippen molar-refractivity contribution in [3.63, 3.8) is 0 Å². The number of piperidine rings is 1. The Morgan fingerprint density at radius 3 is 2.57 bits per heavy atom. The smallest absolute Gasteiger partial charge is 0.222 e. The van der Waals surface area contributed by atoms with E-state index in [2.05, 4.69) is 18.7 Å². The van der Waals surface area contributed by atoms with Crippen molar-refractivity contribution >= 4 is 5.91 Å². The average molecular weight is 298 g/mol. The summed E-state index contributed by atoms with van der Waals surface area (Å²) in [6.45, 7) is 8.77. The Kier molecular flexibility index (Phi) is 8.93. The van der Waals surface area contributed by atoms with Gasteiger partial charge in [0.05, 0.1) is 0 Å². The number of carbonyl (C=O) groups excluding carboxylic acids is 1. The number of hydrogen-bond donors (Lipinski definition) is 1. The highest BCUT2D eigenvalue weighted by Crippen LogP contribution is 2.24. The lowest BCUT2D eigenvalue weighted by atomic mass is 9.86. The molecule has 1 heterocycles. The zero-order valence-electron chi connectivity index (χ0n) is 14.2. The fourth-order valence-corrected chi connectivity index (χ4v) is 3.06. The Bertz CT molecular complexity index is 289. The topological polar surface area (TPSA) is 43.8 Å². The average Bonchev–Trinajstić information content (AvgIpc) is 2.52. The molecule has 1 aliphatic heterocycles. The van der Waals surface area contributed by atoms with Crippen LogP contribution in [0.3, 0.4) is 0 Å². The molecule has 21 heavy (non-hydrogen) atoms. The summed E-state index contributed by atoms with van der Waals surface area (Å²) in [6, 6.07) is 0. The number of unbranched alkanes of at least 4 members (excludes halogenated alkanes) is 1. The molecule has 1 aliphatic rings. The van der Waals surface area contributed by atoms with E-state index in [1.54, 1.807) is 0 Å². The van der Waals surface area contributed by atoms with Gasteiger partial charge in [0.1, 0.15) is 0 Å². The summed E-state index contributed by atoms with van der Waals surface area (Å²) < 4.78 is 0. The second-order valence-electron chi connectivity index (χ2n) is 6.61. The van der Waals surface area contributed by atoms with Gasteiger partial charge in [-0.15, -0.1) is 0 Å². The maximum absolute atomic E-state index is 12.0. The summed E-state index contributed by atoms with van der Waals surface area (Å²) in [6.07, 6.45) is 6.25. The zero-order valence-corrected chi connectivity index (χ0v) is 14.2. The molecule has 4 nitrogen and oxygen atoms in total. The van der Waals surface area contributed by atoms with Crippen LogP contribution in [0.2, 0.25) is 0 Å². The fraction of sp³-hybridized carbons (Fsp3) is 0.941. The van der Waals surface area contributed by atoms with Gasteiger partial charge in [-0.05, 0) is 57.2 Å². The van der Waals surface area contributed by atoms with Crippen LogP contribution in [0.4, 0.5) is 0 Å². The van der Waals surface area contributed by atoms with E-state index >= 15 is 0 Å². The van der Waals surface area contributed by atoms with E-state index in [4.69, 9.17) is 0 Å². The molecule has 1 N–H and O–H groups in total. The first-order chi connectivity index (χ1) is 10.1. The Labute approximate surface area is 130 Å². The fourth-order valence-electron chi connectivity index (χ4n) is 3.06. The van der Waals surface area contributed by atoms with E-state index in [-0.39, 0.29) is 5.91 Å². The van der Waals surface area contributed by atoms with Crippen LogP contribution in [0.25, 0.3) is 0 Å². The number of amides is 1. The molecule has 0 aromatic carbocycles. The Morgan fingerprint density at radius 2 is 2.00 bits per heavy atom. The van der Waals surface area contributed by atoms with Crippen molar-refractivity contribution in [3.8, 4) is 0 Å². The molecule has 1 amide bonds. The summed E-state index contributed by atoms with van der Waals surface area (Å²) in [5, 5.41) is 9.21. The zero-order chi connectivity index (χ0) is 15.7. The molecule has 0 saturated carbocycles. The normalized spacial score (nSPS) is 18.7. The molecule has 0 bridgehead atoms. The molecule has 124 valence electrons. The number of aliphatic hydroxyl groups is 1. The van der Waals surface area contributed by atoms with E-state index in [1.165, 1.54) is 12.8 Å². The minimum atomic E-state index is 0.284. The maximum Gasteiger partial charge on any atom is 0.222 e. The van der Waals surface area contributed by atoms with E-state index < -0.39 is 0 Å². The molecule has 4 heteroatoms. The first kappa shape index (κ1) is 18.4. The summed E-state index contributed by atoms with van der Waals surface area (Å²) in [7, 11) is 1.92. The standard InChI is InChI=1S/C17H34N2O2/c1-4-5-10-18(3)17(21)7-6-11-19-12-8-16(9-13-19)15(2)14-20/h15-16,20H,4-14H2,1-3H3. The molecule has 0 aliphatic carbocycles. The van der Waals surface area contributed by atoms with Crippen molar-refractivity contribution in [2.45, 2.75) is 52.4 Å². The van der Waals surface area contributed by atoms with Crippen molar-refractivity contribution in [3.05, 3.63) is 0 Å². The molecule has 0 aromatic heterocycles. The molecule has 1 unspecified atom stereocenters. The molecule has 1 saturated heterocycles. The third kappa shape index (κ3) is 6.79. The number of aliphatic hydroxyl groups excluding tert-OH is 1. The lowest BCUT2D eigenvalue weighted by Gasteiger charge is -2.34. The van der Waals surface area contributed by atoms with Gasteiger partial charge in [0, 0.05) is 26.6 Å². The molecule has 1 rings (SSSR count). The van der Waals surface area contributed by atoms with Gasteiger partial charge in [-0.2, -0.15) is 0 Å². The monoisotopic (exact) mass is 298 g/mol. The van der Waals surface area contributed by atoms with Crippen LogP contribution in [0.5, 0.6) is 0 Å². The first-order valence-electron chi connectivity index (χ1n) is 8.65. The second-order valence-corrected chi connectivity index (χ2v) is 6.61. The van der Waals surface area contributed by atoms with E-state index in [0.717, 1.165) is 45.4 Å². The Balaban J connectivity index is 2.13. The number of likely N-dealkylation sites (tertiary alicyclic amines) is 1. The largest absolute Gasteiger partial charge is 0.396 e. The minimum absolute atomic E-state index is 0.284. The number of rotatable bonds is 9. The number of hydrogen-bond acceptors (Lipinski definition) is 3. The summed E-state index contributed by atoms with van der Waals surface area (Å²) in [5.74, 6) is 1.39. The van der Waals surface area contributed by atoms with Crippen LogP contribution < -0.4 is 0 Å². The predicted molar refractivity (Wildman–Crippen MR) is 87.2 cm³/mol. The molecule has 0 aromatic rings. The lowest BCUT2D eigenvalue weighted by molar-refractivity contribution is -0.130. The van der Waals surface area contributed by atoms with E-state index in [0.29, 0.717) is 24.9 Å². The highest BCUT2D eigenvalue weighted by atomic mass is 16.3. The predicted octanol–water partition coefficient (Wildman–Crippen LogP) is 2.37. The number of carbonyl (C=O) groups is 1. The van der Waals surface area contributed by atoms with Crippen LogP contribution in [-0.2, 0) is 4.79 Å². The van der Waals surface area contributed by atoms with Crippen LogP contribution in [-0.4, -0.2) is 60.6 Å². The quantitative estimate of drug-likeness (QED) is 0.711. The molecule has 0 spiro atoms. The van der Waals surface area contributed by atoms with Crippen LogP contribution in [0.1, 0.15) is 52.4 Å². The van der Waals surface area contributed by atoms with Crippen molar-refractivity contribution in [1.29, 1.82) is 0 Å². The molecular formula is C17H34N2O2. The molecule has 1 atom stereocenters. The third-order valence-corrected chi connectivity index (χ3v) is 4.86. The van der Waals surface area contributed by atoms with Gasteiger partial charge in [-0.1, -0.05) is 20.3 Å². The van der Waals surface area contributed by atoms with Gasteiger partial charge in [0.15, 0.2) is 0 Å². The molecule has 1 fully saturated rings. The van der Waals surface area contributed by atoms with Crippen LogP contribution in [0, 0.1) is 11.8 Å². The summed E-state index contributed by atoms with van der Waals surface area (Å²) >= 11 is 0. The summed E-state index contributed by atoms with van der Waals surface area (Å²) in [4.78, 5) is 16.3. The van der Waals surface area contributed by atoms with Crippen LogP contribution >= 0.6 is 0 Å². The van der Waals surface area contributed by atoms with Crippen molar-refractivity contribution in [2.75, 3.05) is 39.8 Å².